The van der Waals surface area contributed by atoms with Crippen molar-refractivity contribution in [3.05, 3.63) is 40.4 Å². The fraction of sp³-hybridized carbons (Fsp3) is 0.0909. The van der Waals surface area contributed by atoms with Crippen LogP contribution in [0.15, 0.2) is 28.9 Å². The van der Waals surface area contributed by atoms with Gasteiger partial charge in [-0.2, -0.15) is 5.26 Å². The molecule has 0 spiro atoms. The van der Waals surface area contributed by atoms with Crippen LogP contribution in [0.3, 0.4) is 0 Å². The van der Waals surface area contributed by atoms with Crippen LogP contribution >= 0.6 is 15.9 Å². The monoisotopic (exact) mass is 279 g/mol. The zero-order valence-corrected chi connectivity index (χ0v) is 9.99. The number of hydrogen-bond acceptors (Lipinski definition) is 2. The van der Waals surface area contributed by atoms with E-state index in [0.29, 0.717) is 16.0 Å². The van der Waals surface area contributed by atoms with Crippen molar-refractivity contribution in [1.29, 1.82) is 5.26 Å². The molecular formula is C11H7BrFN3. The van der Waals surface area contributed by atoms with Crippen LogP contribution in [0, 0.1) is 17.1 Å². The number of benzene rings is 1. The highest BCUT2D eigenvalue weighted by molar-refractivity contribution is 9.10. The molecule has 3 nitrogen and oxygen atoms in total. The third-order valence-corrected chi connectivity index (χ3v) is 3.15. The molecule has 0 aliphatic rings. The molecule has 0 unspecified atom stereocenters. The summed E-state index contributed by atoms with van der Waals surface area (Å²) in [5, 5.41) is 8.82. The standard InChI is InChI=1S/C11H7BrFN3/c1-16-10(12)9(6-14)15-11(16)7-4-2-3-5-8(7)13/h2-5H,1H3. The lowest BCUT2D eigenvalue weighted by molar-refractivity contribution is 0.628. The van der Waals surface area contributed by atoms with Crippen molar-refractivity contribution in [2.75, 3.05) is 0 Å². The van der Waals surface area contributed by atoms with Crippen LogP contribution in [-0.4, -0.2) is 9.55 Å². The van der Waals surface area contributed by atoms with E-state index < -0.39 is 0 Å². The molecule has 0 bridgehead atoms. The van der Waals surface area contributed by atoms with Crippen molar-refractivity contribution in [3.8, 4) is 17.5 Å². The second-order valence-corrected chi connectivity index (χ2v) is 3.98. The number of imidazole rings is 1. The van der Waals surface area contributed by atoms with Crippen LogP contribution in [0.25, 0.3) is 11.4 Å². The fourth-order valence-corrected chi connectivity index (χ4v) is 1.78. The van der Waals surface area contributed by atoms with Gasteiger partial charge in [0.05, 0.1) is 5.56 Å². The predicted molar refractivity (Wildman–Crippen MR) is 61.0 cm³/mol. The van der Waals surface area contributed by atoms with Crippen LogP contribution in [0.2, 0.25) is 0 Å². The minimum atomic E-state index is -0.354. The van der Waals surface area contributed by atoms with Crippen LogP contribution in [0.5, 0.6) is 0 Å². The van der Waals surface area contributed by atoms with E-state index in [4.69, 9.17) is 5.26 Å². The number of aromatic nitrogens is 2. The van der Waals surface area contributed by atoms with Gasteiger partial charge in [-0.15, -0.1) is 0 Å². The van der Waals surface area contributed by atoms with E-state index in [2.05, 4.69) is 20.9 Å². The number of hydrogen-bond donors (Lipinski definition) is 0. The summed E-state index contributed by atoms with van der Waals surface area (Å²) in [6.45, 7) is 0. The normalized spacial score (nSPS) is 10.1. The number of halogens is 2. The molecule has 2 aromatic rings. The highest BCUT2D eigenvalue weighted by Gasteiger charge is 2.15. The van der Waals surface area contributed by atoms with E-state index in [1.807, 2.05) is 6.07 Å². The van der Waals surface area contributed by atoms with Gasteiger partial charge in [0.15, 0.2) is 5.69 Å². The maximum Gasteiger partial charge on any atom is 0.173 e. The van der Waals surface area contributed by atoms with E-state index in [1.165, 1.54) is 6.07 Å². The van der Waals surface area contributed by atoms with Crippen molar-refractivity contribution in [2.45, 2.75) is 0 Å². The average Bonchev–Trinajstić information content (AvgIpc) is 2.57. The lowest BCUT2D eigenvalue weighted by Gasteiger charge is -2.02. The Labute approximate surface area is 100 Å². The molecule has 0 fully saturated rings. The number of nitriles is 1. The zero-order chi connectivity index (χ0) is 11.7. The Morgan fingerprint density at radius 3 is 2.69 bits per heavy atom. The predicted octanol–water partition coefficient (Wildman–Crippen LogP) is 2.86. The topological polar surface area (TPSA) is 41.6 Å². The Hall–Kier alpha value is -1.67. The second kappa shape index (κ2) is 4.06. The van der Waals surface area contributed by atoms with Gasteiger partial charge in [0.2, 0.25) is 0 Å². The van der Waals surface area contributed by atoms with Gasteiger partial charge in [-0.1, -0.05) is 12.1 Å². The summed E-state index contributed by atoms with van der Waals surface area (Å²) in [6, 6.07) is 8.28. The summed E-state index contributed by atoms with van der Waals surface area (Å²) >= 11 is 3.24. The first-order chi connectivity index (χ1) is 7.65. The average molecular weight is 280 g/mol. The van der Waals surface area contributed by atoms with Gasteiger partial charge < -0.3 is 4.57 Å². The summed E-state index contributed by atoms with van der Waals surface area (Å²) in [5.74, 6) is 0.0779. The van der Waals surface area contributed by atoms with E-state index in [0.717, 1.165) is 0 Å². The number of rotatable bonds is 1. The van der Waals surface area contributed by atoms with Gasteiger partial charge in [-0.05, 0) is 28.1 Å². The van der Waals surface area contributed by atoms with Gasteiger partial charge in [0.1, 0.15) is 22.3 Å². The number of nitrogens with zero attached hydrogens (tertiary/aromatic N) is 3. The quantitative estimate of drug-likeness (QED) is 0.806. The van der Waals surface area contributed by atoms with Crippen molar-refractivity contribution in [2.24, 2.45) is 7.05 Å². The molecule has 16 heavy (non-hydrogen) atoms. The molecule has 0 atom stereocenters. The van der Waals surface area contributed by atoms with Gasteiger partial charge >= 0.3 is 0 Å². The molecule has 1 aromatic heterocycles. The van der Waals surface area contributed by atoms with E-state index in [1.54, 1.807) is 29.8 Å². The van der Waals surface area contributed by atoms with Crippen LogP contribution in [0.1, 0.15) is 5.69 Å². The maximum absolute atomic E-state index is 13.5. The Bertz CT molecular complexity index is 583. The van der Waals surface area contributed by atoms with Crippen molar-refractivity contribution >= 4 is 15.9 Å². The molecule has 5 heteroatoms. The van der Waals surface area contributed by atoms with Crippen molar-refractivity contribution < 1.29 is 4.39 Å². The zero-order valence-electron chi connectivity index (χ0n) is 8.41. The summed E-state index contributed by atoms with van der Waals surface area (Å²) in [6.07, 6.45) is 0. The first kappa shape index (κ1) is 10.8. The molecule has 0 aliphatic carbocycles. The first-order valence-electron chi connectivity index (χ1n) is 4.52. The highest BCUT2D eigenvalue weighted by Crippen LogP contribution is 2.26. The Kier molecular flexibility index (Phi) is 2.75. The Balaban J connectivity index is 2.67. The third-order valence-electron chi connectivity index (χ3n) is 2.25. The molecule has 0 saturated heterocycles. The molecule has 80 valence electrons. The van der Waals surface area contributed by atoms with Crippen LogP contribution in [0.4, 0.5) is 4.39 Å². The summed E-state index contributed by atoms with van der Waals surface area (Å²) in [5.41, 5.74) is 0.632. The second-order valence-electron chi connectivity index (χ2n) is 3.23. The van der Waals surface area contributed by atoms with Gasteiger partial charge in [-0.25, -0.2) is 9.37 Å². The minimum Gasteiger partial charge on any atom is -0.321 e. The molecule has 1 heterocycles. The third kappa shape index (κ3) is 1.61. The molecule has 0 amide bonds. The highest BCUT2D eigenvalue weighted by atomic mass is 79.9. The Morgan fingerprint density at radius 1 is 1.44 bits per heavy atom. The Morgan fingerprint density at radius 2 is 2.12 bits per heavy atom. The largest absolute Gasteiger partial charge is 0.321 e. The molecule has 1 aromatic carbocycles. The molecule has 2 rings (SSSR count). The summed E-state index contributed by atoms with van der Waals surface area (Å²) < 4.78 is 15.7. The molecule has 0 N–H and O–H groups in total. The van der Waals surface area contributed by atoms with E-state index in [9.17, 15) is 4.39 Å². The smallest absolute Gasteiger partial charge is 0.173 e. The van der Waals surface area contributed by atoms with Gasteiger partial charge in [0, 0.05) is 7.05 Å². The van der Waals surface area contributed by atoms with Crippen LogP contribution in [-0.2, 0) is 7.05 Å². The fourth-order valence-electron chi connectivity index (χ4n) is 1.43. The molecular weight excluding hydrogens is 273 g/mol. The first-order valence-corrected chi connectivity index (χ1v) is 5.31. The molecule has 0 aliphatic heterocycles. The molecule has 0 radical (unpaired) electrons. The van der Waals surface area contributed by atoms with E-state index in [-0.39, 0.29) is 11.5 Å². The van der Waals surface area contributed by atoms with Gasteiger partial charge in [0.25, 0.3) is 0 Å². The van der Waals surface area contributed by atoms with Crippen LogP contribution < -0.4 is 0 Å². The van der Waals surface area contributed by atoms with Crippen molar-refractivity contribution in [1.82, 2.24) is 9.55 Å². The van der Waals surface area contributed by atoms with E-state index >= 15 is 0 Å². The summed E-state index contributed by atoms with van der Waals surface area (Å²) in [4.78, 5) is 4.07. The minimum absolute atomic E-state index is 0.251. The molecule has 0 saturated carbocycles. The lowest BCUT2D eigenvalue weighted by atomic mass is 10.2. The summed E-state index contributed by atoms with van der Waals surface area (Å²) in [7, 11) is 1.72. The SMILES string of the molecule is Cn1c(-c2ccccc2F)nc(C#N)c1Br. The lowest BCUT2D eigenvalue weighted by Crippen LogP contribution is -1.94. The van der Waals surface area contributed by atoms with Crippen molar-refractivity contribution in [3.63, 3.8) is 0 Å². The van der Waals surface area contributed by atoms with Gasteiger partial charge in [-0.3, -0.25) is 0 Å². The maximum atomic E-state index is 13.5.